The maximum atomic E-state index is 10.7. The molecule has 2 N–H and O–H groups in total. The van der Waals surface area contributed by atoms with Crippen molar-refractivity contribution >= 4 is 5.91 Å². The zero-order valence-corrected chi connectivity index (χ0v) is 10.7. The first-order chi connectivity index (χ1) is 8.72. The summed E-state index contributed by atoms with van der Waals surface area (Å²) in [5.41, 5.74) is 2.60. The van der Waals surface area contributed by atoms with E-state index in [1.54, 1.807) is 11.7 Å². The van der Waals surface area contributed by atoms with Crippen LogP contribution >= 0.6 is 0 Å². The molecule has 0 aromatic carbocycles. The first-order valence-corrected chi connectivity index (χ1v) is 6.21. The van der Waals surface area contributed by atoms with Crippen LogP contribution in [0.3, 0.4) is 0 Å². The zero-order valence-electron chi connectivity index (χ0n) is 10.7. The number of carbonyl (C=O) groups excluding carboxylic acids is 1. The first-order valence-electron chi connectivity index (χ1n) is 6.21. The molecule has 0 saturated heterocycles. The van der Waals surface area contributed by atoms with Gasteiger partial charge in [-0.3, -0.25) is 15.0 Å². The SMILES string of the molecule is Cc1ccc(OCCCCCCC(=O)NO)cn1. The van der Waals surface area contributed by atoms with Gasteiger partial charge in [-0.15, -0.1) is 0 Å². The minimum absolute atomic E-state index is 0.322. The lowest BCUT2D eigenvalue weighted by Crippen LogP contribution is -2.17. The van der Waals surface area contributed by atoms with Gasteiger partial charge in [-0.2, -0.15) is 0 Å². The van der Waals surface area contributed by atoms with E-state index >= 15 is 0 Å². The Balaban J connectivity index is 1.99. The van der Waals surface area contributed by atoms with Gasteiger partial charge >= 0.3 is 0 Å². The van der Waals surface area contributed by atoms with Crippen LogP contribution in [0.4, 0.5) is 0 Å². The third kappa shape index (κ3) is 6.20. The van der Waals surface area contributed by atoms with E-state index in [9.17, 15) is 4.79 Å². The number of unbranched alkanes of at least 4 members (excludes halogenated alkanes) is 3. The van der Waals surface area contributed by atoms with Crippen molar-refractivity contribution in [1.29, 1.82) is 0 Å². The molecule has 5 heteroatoms. The maximum Gasteiger partial charge on any atom is 0.243 e. The van der Waals surface area contributed by atoms with Crippen LogP contribution in [0.1, 0.15) is 37.8 Å². The largest absolute Gasteiger partial charge is 0.492 e. The summed E-state index contributed by atoms with van der Waals surface area (Å²) in [5, 5.41) is 8.30. The van der Waals surface area contributed by atoms with E-state index in [1.807, 2.05) is 19.1 Å². The molecule has 0 radical (unpaired) electrons. The standard InChI is InChI=1S/C13H20N2O3/c1-11-7-8-12(10-14-11)18-9-5-3-2-4-6-13(16)15-17/h7-8,10,17H,2-6,9H2,1H3,(H,15,16). The average molecular weight is 252 g/mol. The quantitative estimate of drug-likeness (QED) is 0.423. The molecule has 1 aromatic rings. The van der Waals surface area contributed by atoms with Crippen LogP contribution in [0, 0.1) is 6.92 Å². The summed E-state index contributed by atoms with van der Waals surface area (Å²) in [6.45, 7) is 2.60. The Bertz CT molecular complexity index is 352. The lowest BCUT2D eigenvalue weighted by atomic mass is 10.1. The minimum atomic E-state index is -0.322. The number of hydrogen-bond donors (Lipinski definition) is 2. The molecule has 0 spiro atoms. The lowest BCUT2D eigenvalue weighted by molar-refractivity contribution is -0.129. The van der Waals surface area contributed by atoms with E-state index in [0.29, 0.717) is 13.0 Å². The molecule has 0 fully saturated rings. The summed E-state index contributed by atoms with van der Waals surface area (Å²) < 4.78 is 5.53. The maximum absolute atomic E-state index is 10.7. The number of pyridine rings is 1. The molecule has 0 aliphatic carbocycles. The van der Waals surface area contributed by atoms with Crippen LogP contribution in [0.25, 0.3) is 0 Å². The fraction of sp³-hybridized carbons (Fsp3) is 0.538. The molecule has 0 aliphatic heterocycles. The van der Waals surface area contributed by atoms with E-state index < -0.39 is 0 Å². The van der Waals surface area contributed by atoms with Crippen molar-refractivity contribution in [2.24, 2.45) is 0 Å². The summed E-state index contributed by atoms with van der Waals surface area (Å²) in [5.74, 6) is 0.470. The van der Waals surface area contributed by atoms with E-state index in [-0.39, 0.29) is 5.91 Å². The summed E-state index contributed by atoms with van der Waals surface area (Å²) in [6.07, 6.45) is 5.81. The van der Waals surface area contributed by atoms with Gasteiger partial charge in [-0.1, -0.05) is 12.8 Å². The topological polar surface area (TPSA) is 71.5 Å². The molecular formula is C13H20N2O3. The third-order valence-corrected chi connectivity index (χ3v) is 2.58. The first kappa shape index (κ1) is 14.4. The molecule has 0 bridgehead atoms. The molecule has 0 saturated carbocycles. The number of aryl methyl sites for hydroxylation is 1. The van der Waals surface area contributed by atoms with Crippen molar-refractivity contribution < 1.29 is 14.7 Å². The second-order valence-corrected chi connectivity index (χ2v) is 4.18. The number of aromatic nitrogens is 1. The van der Waals surface area contributed by atoms with Crippen molar-refractivity contribution in [1.82, 2.24) is 10.5 Å². The molecule has 1 heterocycles. The van der Waals surface area contributed by atoms with Gasteiger partial charge in [0.05, 0.1) is 12.8 Å². The second kappa shape index (κ2) is 8.47. The second-order valence-electron chi connectivity index (χ2n) is 4.18. The van der Waals surface area contributed by atoms with E-state index in [0.717, 1.165) is 37.1 Å². The highest BCUT2D eigenvalue weighted by Crippen LogP contribution is 2.10. The number of nitrogens with zero attached hydrogens (tertiary/aromatic N) is 1. The summed E-state index contributed by atoms with van der Waals surface area (Å²) in [6, 6.07) is 3.83. The predicted octanol–water partition coefficient (Wildman–Crippen LogP) is 2.22. The number of nitrogens with one attached hydrogen (secondary N) is 1. The van der Waals surface area contributed by atoms with Crippen LogP contribution < -0.4 is 10.2 Å². The zero-order chi connectivity index (χ0) is 13.2. The van der Waals surface area contributed by atoms with Crippen LogP contribution in [0.15, 0.2) is 18.3 Å². The van der Waals surface area contributed by atoms with E-state index in [4.69, 9.17) is 9.94 Å². The number of hydrogen-bond acceptors (Lipinski definition) is 4. The van der Waals surface area contributed by atoms with Crippen molar-refractivity contribution in [3.8, 4) is 5.75 Å². The number of hydroxylamine groups is 1. The smallest absolute Gasteiger partial charge is 0.243 e. The van der Waals surface area contributed by atoms with Crippen molar-refractivity contribution in [3.63, 3.8) is 0 Å². The number of amides is 1. The van der Waals surface area contributed by atoms with E-state index in [1.165, 1.54) is 0 Å². The Morgan fingerprint density at radius 3 is 2.78 bits per heavy atom. The third-order valence-electron chi connectivity index (χ3n) is 2.58. The van der Waals surface area contributed by atoms with Gasteiger partial charge in [0.15, 0.2) is 0 Å². The molecule has 18 heavy (non-hydrogen) atoms. The molecule has 100 valence electrons. The van der Waals surface area contributed by atoms with Gasteiger partial charge in [0.1, 0.15) is 5.75 Å². The van der Waals surface area contributed by atoms with Crippen LogP contribution in [-0.4, -0.2) is 22.7 Å². The Labute approximate surface area is 107 Å². The van der Waals surface area contributed by atoms with Crippen LogP contribution in [0.2, 0.25) is 0 Å². The Hall–Kier alpha value is -1.62. The van der Waals surface area contributed by atoms with Gasteiger partial charge < -0.3 is 4.74 Å². The van der Waals surface area contributed by atoms with Crippen LogP contribution in [-0.2, 0) is 4.79 Å². The van der Waals surface area contributed by atoms with Crippen molar-refractivity contribution in [2.45, 2.75) is 39.0 Å². The lowest BCUT2D eigenvalue weighted by Gasteiger charge is -2.05. The Kier molecular flexibility index (Phi) is 6.79. The molecule has 0 unspecified atom stereocenters. The molecule has 1 rings (SSSR count). The summed E-state index contributed by atoms with van der Waals surface area (Å²) >= 11 is 0. The predicted molar refractivity (Wildman–Crippen MR) is 67.5 cm³/mol. The number of rotatable bonds is 8. The Morgan fingerprint density at radius 2 is 2.11 bits per heavy atom. The number of carbonyl (C=O) groups is 1. The molecule has 1 aromatic heterocycles. The average Bonchev–Trinajstić information content (AvgIpc) is 2.39. The highest BCUT2D eigenvalue weighted by atomic mass is 16.5. The van der Waals surface area contributed by atoms with Gasteiger partial charge in [-0.05, 0) is 31.9 Å². The van der Waals surface area contributed by atoms with Gasteiger partial charge in [0, 0.05) is 12.1 Å². The minimum Gasteiger partial charge on any atom is -0.492 e. The van der Waals surface area contributed by atoms with E-state index in [2.05, 4.69) is 4.98 Å². The summed E-state index contributed by atoms with van der Waals surface area (Å²) in [7, 11) is 0. The Morgan fingerprint density at radius 1 is 1.33 bits per heavy atom. The molecular weight excluding hydrogens is 232 g/mol. The molecule has 0 aliphatic rings. The number of ether oxygens (including phenoxy) is 1. The molecule has 1 amide bonds. The highest BCUT2D eigenvalue weighted by molar-refractivity contribution is 5.74. The fourth-order valence-corrected chi connectivity index (χ4v) is 1.53. The van der Waals surface area contributed by atoms with Gasteiger partial charge in [0.25, 0.3) is 0 Å². The fourth-order valence-electron chi connectivity index (χ4n) is 1.53. The molecule has 0 atom stereocenters. The van der Waals surface area contributed by atoms with Crippen LogP contribution in [0.5, 0.6) is 5.75 Å². The highest BCUT2D eigenvalue weighted by Gasteiger charge is 1.98. The summed E-state index contributed by atoms with van der Waals surface area (Å²) in [4.78, 5) is 14.9. The van der Waals surface area contributed by atoms with Crippen molar-refractivity contribution in [3.05, 3.63) is 24.0 Å². The monoisotopic (exact) mass is 252 g/mol. The van der Waals surface area contributed by atoms with Gasteiger partial charge in [0.2, 0.25) is 5.91 Å². The van der Waals surface area contributed by atoms with Crippen molar-refractivity contribution in [2.75, 3.05) is 6.61 Å². The molecule has 5 nitrogen and oxygen atoms in total. The van der Waals surface area contributed by atoms with Gasteiger partial charge in [-0.25, -0.2) is 5.48 Å². The normalized spacial score (nSPS) is 10.1.